The zero-order valence-electron chi connectivity index (χ0n) is 17.6. The molecular weight excluding hydrogens is 443 g/mol. The monoisotopic (exact) mass is 462 g/mol. The predicted octanol–water partition coefficient (Wildman–Crippen LogP) is 4.78. The van der Waals surface area contributed by atoms with Gasteiger partial charge in [-0.2, -0.15) is 0 Å². The van der Waals surface area contributed by atoms with E-state index in [0.29, 0.717) is 52.9 Å². The minimum atomic E-state index is -0.582. The standard InChI is InChI=1S/C25H20ClFN4O2/c1-2-21(33)31-10-8-30(9-11-31)20-6-7-28-25-18(20)14-29-24(23(25)27)17-13-16(32)12-15-4-3-5-19(26)22(15)17/h2-7,12-14,32H,1,8-11H2. The average molecular weight is 463 g/mol. The Hall–Kier alpha value is -3.71. The Balaban J connectivity index is 1.60. The number of aromatic hydroxyl groups is 1. The highest BCUT2D eigenvalue weighted by atomic mass is 35.5. The van der Waals surface area contributed by atoms with Crippen LogP contribution in [0.3, 0.4) is 0 Å². The van der Waals surface area contributed by atoms with Crippen molar-refractivity contribution in [3.63, 3.8) is 0 Å². The molecule has 0 bridgehead atoms. The molecule has 6 nitrogen and oxygen atoms in total. The molecule has 0 radical (unpaired) electrons. The summed E-state index contributed by atoms with van der Waals surface area (Å²) in [6, 6.07) is 10.2. The third-order valence-electron chi connectivity index (χ3n) is 5.98. The molecule has 0 spiro atoms. The van der Waals surface area contributed by atoms with Crippen molar-refractivity contribution in [2.24, 2.45) is 0 Å². The normalized spacial score (nSPS) is 14.1. The fourth-order valence-corrected chi connectivity index (χ4v) is 4.66. The van der Waals surface area contributed by atoms with Crippen LogP contribution >= 0.6 is 11.6 Å². The molecule has 1 saturated heterocycles. The van der Waals surface area contributed by atoms with Gasteiger partial charge in [0.05, 0.1) is 0 Å². The third-order valence-corrected chi connectivity index (χ3v) is 6.29. The quantitative estimate of drug-likeness (QED) is 0.444. The number of phenols is 1. The number of pyridine rings is 2. The molecule has 2 aromatic heterocycles. The number of rotatable bonds is 3. The summed E-state index contributed by atoms with van der Waals surface area (Å²) in [7, 11) is 0. The smallest absolute Gasteiger partial charge is 0.246 e. The Labute approximate surface area is 194 Å². The van der Waals surface area contributed by atoms with Crippen LogP contribution in [0.2, 0.25) is 5.02 Å². The van der Waals surface area contributed by atoms with Gasteiger partial charge in [-0.15, -0.1) is 0 Å². The molecule has 166 valence electrons. The summed E-state index contributed by atoms with van der Waals surface area (Å²) in [6.07, 6.45) is 4.49. The molecule has 1 N–H and O–H groups in total. The summed E-state index contributed by atoms with van der Waals surface area (Å²) in [4.78, 5) is 24.4. The number of hydrogen-bond acceptors (Lipinski definition) is 5. The fourth-order valence-electron chi connectivity index (χ4n) is 4.38. The first-order valence-corrected chi connectivity index (χ1v) is 10.9. The maximum atomic E-state index is 15.8. The highest BCUT2D eigenvalue weighted by molar-refractivity contribution is 6.36. The van der Waals surface area contributed by atoms with Crippen LogP contribution in [0.4, 0.5) is 10.1 Å². The van der Waals surface area contributed by atoms with Crippen LogP contribution < -0.4 is 4.90 Å². The van der Waals surface area contributed by atoms with Crippen LogP contribution in [0, 0.1) is 5.82 Å². The highest BCUT2D eigenvalue weighted by Crippen LogP contribution is 2.39. The van der Waals surface area contributed by atoms with E-state index in [-0.39, 0.29) is 22.9 Å². The second-order valence-corrected chi connectivity index (χ2v) is 8.27. The lowest BCUT2D eigenvalue weighted by Crippen LogP contribution is -2.48. The Morgan fingerprint density at radius 1 is 1.15 bits per heavy atom. The summed E-state index contributed by atoms with van der Waals surface area (Å²) < 4.78 is 15.8. The Morgan fingerprint density at radius 3 is 2.70 bits per heavy atom. The molecule has 0 unspecified atom stereocenters. The van der Waals surface area contributed by atoms with E-state index >= 15 is 4.39 Å². The van der Waals surface area contributed by atoms with E-state index in [1.54, 1.807) is 41.6 Å². The zero-order chi connectivity index (χ0) is 23.1. The van der Waals surface area contributed by atoms with Crippen molar-refractivity contribution in [3.8, 4) is 17.0 Å². The van der Waals surface area contributed by atoms with E-state index in [0.717, 1.165) is 5.69 Å². The molecule has 1 aliphatic heterocycles. The van der Waals surface area contributed by atoms with Crippen LogP contribution in [-0.4, -0.2) is 52.1 Å². The Kier molecular flexibility index (Phi) is 5.34. The summed E-state index contributed by atoms with van der Waals surface area (Å²) >= 11 is 6.42. The molecule has 0 atom stereocenters. The van der Waals surface area contributed by atoms with E-state index in [1.165, 1.54) is 12.1 Å². The zero-order valence-corrected chi connectivity index (χ0v) is 18.4. The van der Waals surface area contributed by atoms with Crippen molar-refractivity contribution in [3.05, 3.63) is 72.3 Å². The fraction of sp³-hybridized carbons (Fsp3) is 0.160. The maximum absolute atomic E-state index is 15.8. The molecule has 1 amide bonds. The second-order valence-electron chi connectivity index (χ2n) is 7.86. The van der Waals surface area contributed by atoms with Crippen LogP contribution in [0.1, 0.15) is 0 Å². The SMILES string of the molecule is C=CC(=O)N1CCN(c2ccnc3c(F)c(-c4cc(O)cc5cccc(Cl)c45)ncc23)CC1. The van der Waals surface area contributed by atoms with Crippen LogP contribution in [0.25, 0.3) is 32.9 Å². The van der Waals surface area contributed by atoms with Gasteiger partial charge in [-0.25, -0.2) is 4.39 Å². The number of aromatic nitrogens is 2. The summed E-state index contributed by atoms with van der Waals surface area (Å²) in [5.74, 6) is -0.681. The average Bonchev–Trinajstić information content (AvgIpc) is 2.83. The summed E-state index contributed by atoms with van der Waals surface area (Å²) in [5, 5.41) is 12.5. The number of phenolic OH excluding ortho intramolecular Hbond substituents is 1. The van der Waals surface area contributed by atoms with E-state index in [1.807, 2.05) is 6.07 Å². The van der Waals surface area contributed by atoms with Gasteiger partial charge in [0.1, 0.15) is 17.0 Å². The summed E-state index contributed by atoms with van der Waals surface area (Å²) in [5.41, 5.74) is 1.47. The first kappa shape index (κ1) is 21.2. The van der Waals surface area contributed by atoms with Gasteiger partial charge in [0, 0.05) is 65.6 Å². The predicted molar refractivity (Wildman–Crippen MR) is 128 cm³/mol. The van der Waals surface area contributed by atoms with E-state index in [9.17, 15) is 9.90 Å². The molecule has 2 aromatic carbocycles. The molecule has 0 saturated carbocycles. The minimum absolute atomic E-state index is 0.00489. The number of piperazine rings is 1. The van der Waals surface area contributed by atoms with Gasteiger partial charge in [-0.05, 0) is 35.7 Å². The molecule has 33 heavy (non-hydrogen) atoms. The number of benzene rings is 2. The molecule has 8 heteroatoms. The van der Waals surface area contributed by atoms with Crippen LogP contribution in [0.15, 0.2) is 61.4 Å². The van der Waals surface area contributed by atoms with Gasteiger partial charge >= 0.3 is 0 Å². The second kappa shape index (κ2) is 8.33. The van der Waals surface area contributed by atoms with Crippen molar-refractivity contribution in [2.45, 2.75) is 0 Å². The molecule has 4 aromatic rings. The lowest BCUT2D eigenvalue weighted by molar-refractivity contribution is -0.126. The van der Waals surface area contributed by atoms with Crippen molar-refractivity contribution < 1.29 is 14.3 Å². The van der Waals surface area contributed by atoms with Crippen LogP contribution in [0.5, 0.6) is 5.75 Å². The number of hydrogen-bond donors (Lipinski definition) is 1. The molecule has 1 fully saturated rings. The van der Waals surface area contributed by atoms with Crippen molar-refractivity contribution in [1.82, 2.24) is 14.9 Å². The van der Waals surface area contributed by atoms with E-state index in [4.69, 9.17) is 11.6 Å². The maximum Gasteiger partial charge on any atom is 0.246 e. The highest BCUT2D eigenvalue weighted by Gasteiger charge is 2.23. The van der Waals surface area contributed by atoms with Gasteiger partial charge in [0.15, 0.2) is 5.82 Å². The molecule has 5 rings (SSSR count). The Bertz CT molecular complexity index is 1420. The lowest BCUT2D eigenvalue weighted by atomic mass is 10.00. The largest absolute Gasteiger partial charge is 0.508 e. The van der Waals surface area contributed by atoms with Gasteiger partial charge in [0.2, 0.25) is 5.91 Å². The topological polar surface area (TPSA) is 69.6 Å². The van der Waals surface area contributed by atoms with Crippen molar-refractivity contribution in [2.75, 3.05) is 31.1 Å². The molecule has 3 heterocycles. The van der Waals surface area contributed by atoms with Gasteiger partial charge in [-0.3, -0.25) is 14.8 Å². The van der Waals surface area contributed by atoms with Crippen molar-refractivity contribution >= 4 is 44.9 Å². The van der Waals surface area contributed by atoms with Gasteiger partial charge < -0.3 is 14.9 Å². The van der Waals surface area contributed by atoms with Crippen LogP contribution in [-0.2, 0) is 4.79 Å². The molecule has 0 aliphatic carbocycles. The van der Waals surface area contributed by atoms with E-state index < -0.39 is 5.82 Å². The molecule has 1 aliphatic rings. The van der Waals surface area contributed by atoms with Gasteiger partial charge in [0.25, 0.3) is 0 Å². The number of nitrogens with zero attached hydrogens (tertiary/aromatic N) is 4. The van der Waals surface area contributed by atoms with Gasteiger partial charge in [-0.1, -0.05) is 30.3 Å². The van der Waals surface area contributed by atoms with E-state index in [2.05, 4.69) is 21.4 Å². The first-order chi connectivity index (χ1) is 16.0. The summed E-state index contributed by atoms with van der Waals surface area (Å²) in [6.45, 7) is 5.86. The number of fused-ring (bicyclic) bond motifs is 2. The number of carbonyl (C=O) groups is 1. The first-order valence-electron chi connectivity index (χ1n) is 10.5. The van der Waals surface area contributed by atoms with Crippen molar-refractivity contribution in [1.29, 1.82) is 0 Å². The number of amides is 1. The number of carbonyl (C=O) groups excluding carboxylic acids is 1. The number of halogens is 2. The minimum Gasteiger partial charge on any atom is -0.508 e. The third kappa shape index (κ3) is 3.64. The Morgan fingerprint density at radius 2 is 1.94 bits per heavy atom. The number of anilines is 1. The lowest BCUT2D eigenvalue weighted by Gasteiger charge is -2.36. The molecular formula is C25H20ClFN4O2.